The molecule has 0 N–H and O–H groups in total. The SMILES string of the molecule is O=C1C(=Cc2cc(I)c(OCc3ccccc3Cl)c(I)c2)C(=O)c2ccccc21. The molecule has 1 aliphatic rings. The molecule has 0 spiro atoms. The number of ketones is 2. The topological polar surface area (TPSA) is 43.4 Å². The molecule has 0 radical (unpaired) electrons. The van der Waals surface area contributed by atoms with Gasteiger partial charge in [-0.2, -0.15) is 0 Å². The molecule has 0 saturated heterocycles. The Labute approximate surface area is 200 Å². The van der Waals surface area contributed by atoms with Gasteiger partial charge in [0.1, 0.15) is 12.4 Å². The number of hydrogen-bond donors (Lipinski definition) is 0. The van der Waals surface area contributed by atoms with E-state index in [4.69, 9.17) is 16.3 Å². The van der Waals surface area contributed by atoms with Gasteiger partial charge in [0.05, 0.1) is 12.7 Å². The van der Waals surface area contributed by atoms with E-state index >= 15 is 0 Å². The number of fused-ring (bicyclic) bond motifs is 1. The van der Waals surface area contributed by atoms with Crippen molar-refractivity contribution in [3.8, 4) is 5.75 Å². The van der Waals surface area contributed by atoms with Crippen LogP contribution in [0.5, 0.6) is 5.75 Å². The third kappa shape index (κ3) is 4.13. The molecule has 0 aliphatic heterocycles. The predicted octanol–water partition coefficient (Wildman–Crippen LogP) is 6.59. The molecule has 0 bridgehead atoms. The fourth-order valence-electron chi connectivity index (χ4n) is 3.14. The fourth-order valence-corrected chi connectivity index (χ4v) is 5.45. The van der Waals surface area contributed by atoms with E-state index in [9.17, 15) is 9.59 Å². The van der Waals surface area contributed by atoms with Crippen molar-refractivity contribution < 1.29 is 14.3 Å². The largest absolute Gasteiger partial charge is 0.487 e. The van der Waals surface area contributed by atoms with Crippen molar-refractivity contribution in [2.24, 2.45) is 0 Å². The molecule has 0 amide bonds. The van der Waals surface area contributed by atoms with Gasteiger partial charge in [0, 0.05) is 21.7 Å². The van der Waals surface area contributed by atoms with E-state index in [2.05, 4.69) is 45.2 Å². The van der Waals surface area contributed by atoms with E-state index < -0.39 is 0 Å². The van der Waals surface area contributed by atoms with Crippen molar-refractivity contribution in [2.45, 2.75) is 6.61 Å². The summed E-state index contributed by atoms with van der Waals surface area (Å²) in [7, 11) is 0. The number of hydrogen-bond acceptors (Lipinski definition) is 3. The van der Waals surface area contributed by atoms with Crippen LogP contribution < -0.4 is 4.74 Å². The average molecular weight is 627 g/mol. The Kier molecular flexibility index (Phi) is 6.08. The van der Waals surface area contributed by atoms with Crippen LogP contribution in [0, 0.1) is 7.14 Å². The molecule has 0 heterocycles. The lowest BCUT2D eigenvalue weighted by Gasteiger charge is -2.12. The van der Waals surface area contributed by atoms with E-state index in [0.717, 1.165) is 24.0 Å². The van der Waals surface area contributed by atoms with Gasteiger partial charge < -0.3 is 4.74 Å². The number of halogens is 3. The van der Waals surface area contributed by atoms with E-state index in [0.29, 0.717) is 22.8 Å². The summed E-state index contributed by atoms with van der Waals surface area (Å²) < 4.78 is 7.78. The van der Waals surface area contributed by atoms with Crippen molar-refractivity contribution in [3.05, 3.63) is 101 Å². The number of allylic oxidation sites excluding steroid dienone is 1. The Morgan fingerprint density at radius 3 is 2.00 bits per heavy atom. The Balaban J connectivity index is 1.61. The zero-order valence-corrected chi connectivity index (χ0v) is 20.0. The van der Waals surface area contributed by atoms with Crippen molar-refractivity contribution in [1.29, 1.82) is 0 Å². The first-order chi connectivity index (χ1) is 14.0. The molecular formula is C23H13ClI2O3. The molecule has 6 heteroatoms. The minimum atomic E-state index is -0.227. The Morgan fingerprint density at radius 1 is 0.862 bits per heavy atom. The van der Waals surface area contributed by atoms with Crippen LogP contribution in [0.1, 0.15) is 31.8 Å². The highest BCUT2D eigenvalue weighted by molar-refractivity contribution is 14.1. The van der Waals surface area contributed by atoms with Gasteiger partial charge in [0.2, 0.25) is 0 Å². The summed E-state index contributed by atoms with van der Waals surface area (Å²) in [5, 5.41) is 0.664. The monoisotopic (exact) mass is 626 g/mol. The highest BCUT2D eigenvalue weighted by Crippen LogP contribution is 2.33. The zero-order chi connectivity index (χ0) is 20.5. The number of carbonyl (C=O) groups excluding carboxylic acids is 2. The maximum Gasteiger partial charge on any atom is 0.197 e. The van der Waals surface area contributed by atoms with Crippen LogP contribution in [0.25, 0.3) is 6.08 Å². The maximum absolute atomic E-state index is 12.6. The van der Waals surface area contributed by atoms with Gasteiger partial charge in [-0.15, -0.1) is 0 Å². The molecule has 3 aromatic rings. The molecule has 3 aromatic carbocycles. The smallest absolute Gasteiger partial charge is 0.197 e. The van der Waals surface area contributed by atoms with Gasteiger partial charge in [-0.05, 0) is 75.0 Å². The van der Waals surface area contributed by atoms with E-state index in [1.54, 1.807) is 30.3 Å². The zero-order valence-electron chi connectivity index (χ0n) is 14.9. The maximum atomic E-state index is 12.6. The molecule has 0 atom stereocenters. The molecule has 1 aliphatic carbocycles. The van der Waals surface area contributed by atoms with Gasteiger partial charge in [-0.25, -0.2) is 0 Å². The highest BCUT2D eigenvalue weighted by atomic mass is 127. The molecule has 144 valence electrons. The number of Topliss-reactive ketones (excluding diaryl/α,β-unsaturated/α-hetero) is 2. The van der Waals surface area contributed by atoms with E-state index in [1.165, 1.54) is 0 Å². The molecule has 0 aromatic heterocycles. The normalized spacial score (nSPS) is 12.9. The number of benzene rings is 3. The predicted molar refractivity (Wildman–Crippen MR) is 131 cm³/mol. The summed E-state index contributed by atoms with van der Waals surface area (Å²) in [6.07, 6.45) is 1.66. The van der Waals surface area contributed by atoms with Crippen LogP contribution in [0.3, 0.4) is 0 Å². The van der Waals surface area contributed by atoms with Gasteiger partial charge >= 0.3 is 0 Å². The lowest BCUT2D eigenvalue weighted by Crippen LogP contribution is -2.02. The molecule has 4 rings (SSSR count). The van der Waals surface area contributed by atoms with Crippen LogP contribution in [-0.2, 0) is 6.61 Å². The Hall–Kier alpha value is -1.71. The highest BCUT2D eigenvalue weighted by Gasteiger charge is 2.32. The second kappa shape index (κ2) is 8.57. The minimum absolute atomic E-state index is 0.197. The summed E-state index contributed by atoms with van der Waals surface area (Å²) >= 11 is 10.6. The summed E-state index contributed by atoms with van der Waals surface area (Å²) in [6, 6.07) is 18.3. The lowest BCUT2D eigenvalue weighted by molar-refractivity contribution is 0.0990. The summed E-state index contributed by atoms with van der Waals surface area (Å²) in [5.74, 6) is 0.296. The van der Waals surface area contributed by atoms with Gasteiger partial charge in [-0.3, -0.25) is 9.59 Å². The molecule has 0 unspecified atom stereocenters. The second-order valence-electron chi connectivity index (χ2n) is 6.46. The first-order valence-electron chi connectivity index (χ1n) is 8.71. The van der Waals surface area contributed by atoms with Gasteiger partial charge in [-0.1, -0.05) is 54.1 Å². The summed E-state index contributed by atoms with van der Waals surface area (Å²) in [4.78, 5) is 25.2. The number of carbonyl (C=O) groups is 2. The third-order valence-corrected chi connectivity index (χ3v) is 6.54. The first-order valence-corrected chi connectivity index (χ1v) is 11.2. The van der Waals surface area contributed by atoms with E-state index in [-0.39, 0.29) is 17.1 Å². The lowest BCUT2D eigenvalue weighted by atomic mass is 10.1. The molecule has 3 nitrogen and oxygen atoms in total. The molecular weight excluding hydrogens is 614 g/mol. The quantitative estimate of drug-likeness (QED) is 0.187. The number of ether oxygens (including phenoxy) is 1. The molecule has 0 fully saturated rings. The van der Waals surface area contributed by atoms with Crippen molar-refractivity contribution in [2.75, 3.05) is 0 Å². The van der Waals surface area contributed by atoms with E-state index in [1.807, 2.05) is 36.4 Å². The summed E-state index contributed by atoms with van der Waals surface area (Å²) in [5.41, 5.74) is 2.82. The third-order valence-electron chi connectivity index (χ3n) is 4.57. The number of rotatable bonds is 4. The Bertz CT molecular complexity index is 1120. The standard InChI is InChI=1S/C23H13ClI2O3/c24-18-8-4-1-5-14(18)12-29-23-19(25)10-13(11-20(23)26)9-17-21(27)15-6-2-3-7-16(15)22(17)28/h1-11H,12H2. The fraction of sp³-hybridized carbons (Fsp3) is 0.0435. The van der Waals surface area contributed by atoms with Crippen LogP contribution >= 0.6 is 56.8 Å². The van der Waals surface area contributed by atoms with Gasteiger partial charge in [0.15, 0.2) is 11.6 Å². The Morgan fingerprint density at radius 2 is 1.41 bits per heavy atom. The summed E-state index contributed by atoms with van der Waals surface area (Å²) in [6.45, 7) is 0.360. The first kappa shape index (κ1) is 20.6. The van der Waals surface area contributed by atoms with Gasteiger partial charge in [0.25, 0.3) is 0 Å². The van der Waals surface area contributed by atoms with Crippen LogP contribution in [0.15, 0.2) is 66.2 Å². The average Bonchev–Trinajstić information content (AvgIpc) is 2.94. The second-order valence-corrected chi connectivity index (χ2v) is 9.19. The van der Waals surface area contributed by atoms with Crippen LogP contribution in [-0.4, -0.2) is 11.6 Å². The van der Waals surface area contributed by atoms with Crippen molar-refractivity contribution in [1.82, 2.24) is 0 Å². The van der Waals surface area contributed by atoms with Crippen molar-refractivity contribution >= 4 is 74.4 Å². The molecule has 29 heavy (non-hydrogen) atoms. The minimum Gasteiger partial charge on any atom is -0.487 e. The van der Waals surface area contributed by atoms with Crippen LogP contribution in [0.4, 0.5) is 0 Å². The molecule has 0 saturated carbocycles. The van der Waals surface area contributed by atoms with Crippen LogP contribution in [0.2, 0.25) is 5.02 Å². The van der Waals surface area contributed by atoms with Crippen molar-refractivity contribution in [3.63, 3.8) is 0 Å².